The van der Waals surface area contributed by atoms with Gasteiger partial charge in [0.2, 0.25) is 0 Å². The summed E-state index contributed by atoms with van der Waals surface area (Å²) in [6.07, 6.45) is 0. The summed E-state index contributed by atoms with van der Waals surface area (Å²) in [4.78, 5) is 0. The smallest absolute Gasteiger partial charge is 0 e. The predicted octanol–water partition coefficient (Wildman–Crippen LogP) is 5.62. The van der Waals surface area contributed by atoms with Gasteiger partial charge in [0.15, 0.2) is 0 Å². The fourth-order valence-corrected chi connectivity index (χ4v) is 1.28. The van der Waals surface area contributed by atoms with Crippen LogP contribution in [0, 0.1) is 0 Å². The van der Waals surface area contributed by atoms with Crippen molar-refractivity contribution >= 4 is 0 Å². The fraction of sp³-hybridized carbons (Fsp3) is 0. The second-order valence-corrected chi connectivity index (χ2v) is 3.85. The van der Waals surface area contributed by atoms with E-state index < -0.39 is 0 Å². The molecule has 0 saturated carbocycles. The largest absolute Gasteiger partial charge is 0.214 e. The summed E-state index contributed by atoms with van der Waals surface area (Å²) < 4.78 is 0. The molecule has 0 nitrogen and oxygen atoms in total. The van der Waals surface area contributed by atoms with Crippen molar-refractivity contribution in [1.82, 2.24) is 0 Å². The summed E-state index contributed by atoms with van der Waals surface area (Å²) in [5.74, 6) is 0. The van der Waals surface area contributed by atoms with Gasteiger partial charge >= 0.3 is 0 Å². The van der Waals surface area contributed by atoms with Crippen LogP contribution < -0.4 is 0 Å². The second kappa shape index (κ2) is 16.0. The van der Waals surface area contributed by atoms with Crippen molar-refractivity contribution < 1.29 is 16.8 Å². The third-order valence-corrected chi connectivity index (χ3v) is 2.22. The molecule has 0 aromatic heterocycles. The van der Waals surface area contributed by atoms with E-state index in [4.69, 9.17) is 0 Å². The van der Waals surface area contributed by atoms with Crippen molar-refractivity contribution in [2.45, 2.75) is 0 Å². The molecular weight excluding hydrogens is 299 g/mol. The van der Waals surface area contributed by atoms with Gasteiger partial charge in [-0.25, -0.2) is 48.5 Å². The monoisotopic (exact) mass is 319 g/mol. The maximum Gasteiger partial charge on any atom is 0 e. The number of hydrogen-bond donors (Lipinski definition) is 0. The summed E-state index contributed by atoms with van der Waals surface area (Å²) in [5.41, 5.74) is 0. The summed E-state index contributed by atoms with van der Waals surface area (Å²) in [6.45, 7) is 0. The van der Waals surface area contributed by atoms with Crippen LogP contribution >= 0.6 is 0 Å². The normalized spacial score (nSPS) is 7.62. The van der Waals surface area contributed by atoms with E-state index in [-0.39, 0.29) is 16.8 Å². The van der Waals surface area contributed by atoms with Crippen LogP contribution in [-0.4, -0.2) is 0 Å². The van der Waals surface area contributed by atoms with E-state index in [2.05, 4.69) is 0 Å². The summed E-state index contributed by atoms with van der Waals surface area (Å²) in [6, 6.07) is 40.0. The Hall–Kier alpha value is -2.09. The summed E-state index contributed by atoms with van der Waals surface area (Å²) >= 11 is 0. The fourth-order valence-electron chi connectivity index (χ4n) is 1.28. The molecule has 0 bridgehead atoms. The van der Waals surface area contributed by atoms with E-state index in [1.165, 1.54) is 0 Å². The Morgan fingerprint density at radius 2 is 0.429 bits per heavy atom. The van der Waals surface area contributed by atoms with Crippen molar-refractivity contribution in [2.24, 2.45) is 0 Å². The third kappa shape index (κ3) is 14.1. The summed E-state index contributed by atoms with van der Waals surface area (Å²) in [5, 5.41) is 0. The van der Waals surface area contributed by atoms with E-state index in [9.17, 15) is 0 Å². The van der Waals surface area contributed by atoms with Crippen LogP contribution in [0.2, 0.25) is 0 Å². The zero-order chi connectivity index (χ0) is 14.1. The number of rotatable bonds is 0. The molecule has 0 saturated heterocycles. The Kier molecular flexibility index (Phi) is 14.4. The molecule has 21 heavy (non-hydrogen) atoms. The maximum absolute atomic E-state index is 2.00. The number of hydrogen-bond acceptors (Lipinski definition) is 0. The first kappa shape index (κ1) is 18.9. The van der Waals surface area contributed by atoms with E-state index in [1.807, 2.05) is 121 Å². The van der Waals surface area contributed by atoms with Crippen LogP contribution in [0.25, 0.3) is 0 Å². The molecule has 0 N–H and O–H groups in total. The van der Waals surface area contributed by atoms with E-state index in [0.29, 0.717) is 0 Å². The molecule has 0 aliphatic rings. The van der Waals surface area contributed by atoms with Crippen LogP contribution in [0.15, 0.2) is 121 Å². The van der Waals surface area contributed by atoms with Crippen molar-refractivity contribution in [1.29, 1.82) is 0 Å². The third-order valence-electron chi connectivity index (χ3n) is 2.22. The Morgan fingerprint density at radius 3 is 0.476 bits per heavy atom. The minimum atomic E-state index is 0. The molecule has 4 aromatic rings. The standard InChI is InChI=1S/4C5H5.Co/c4*1-2-4-5-3-1;/h4*1-5H;/q4*-1;. The Bertz CT molecular complexity index is 337. The Balaban J connectivity index is 0.000000250. The van der Waals surface area contributed by atoms with Gasteiger partial charge in [0.25, 0.3) is 0 Å². The van der Waals surface area contributed by atoms with Crippen molar-refractivity contribution in [3.63, 3.8) is 0 Å². The van der Waals surface area contributed by atoms with Crippen molar-refractivity contribution in [3.8, 4) is 0 Å². The molecule has 113 valence electrons. The SMILES string of the molecule is [Co].c1cc[cH-]c1.c1cc[cH-]c1.c1cc[cH-]c1.c1cc[cH-]c1. The minimum absolute atomic E-state index is 0. The molecule has 1 radical (unpaired) electrons. The van der Waals surface area contributed by atoms with Gasteiger partial charge in [-0.3, -0.25) is 0 Å². The van der Waals surface area contributed by atoms with Crippen LogP contribution in [-0.2, 0) is 16.8 Å². The molecule has 0 spiro atoms. The van der Waals surface area contributed by atoms with Crippen molar-refractivity contribution in [3.05, 3.63) is 121 Å². The van der Waals surface area contributed by atoms with Gasteiger partial charge in [-0.2, -0.15) is 72.8 Å². The maximum atomic E-state index is 2.00. The van der Waals surface area contributed by atoms with Gasteiger partial charge in [0.1, 0.15) is 0 Å². The Labute approximate surface area is 138 Å². The van der Waals surface area contributed by atoms with Gasteiger partial charge in [0.05, 0.1) is 0 Å². The van der Waals surface area contributed by atoms with Gasteiger partial charge in [-0.15, -0.1) is 0 Å². The predicted molar refractivity (Wildman–Crippen MR) is 88.1 cm³/mol. The van der Waals surface area contributed by atoms with Gasteiger partial charge in [-0.1, -0.05) is 0 Å². The van der Waals surface area contributed by atoms with Crippen LogP contribution in [0.4, 0.5) is 0 Å². The van der Waals surface area contributed by atoms with Gasteiger partial charge in [0, 0.05) is 16.8 Å². The first-order chi connectivity index (χ1) is 10.0. The molecule has 0 unspecified atom stereocenters. The van der Waals surface area contributed by atoms with Crippen LogP contribution in [0.5, 0.6) is 0 Å². The van der Waals surface area contributed by atoms with E-state index >= 15 is 0 Å². The molecule has 0 aliphatic heterocycles. The summed E-state index contributed by atoms with van der Waals surface area (Å²) in [7, 11) is 0. The van der Waals surface area contributed by atoms with Crippen LogP contribution in [0.1, 0.15) is 0 Å². The first-order valence-corrected chi connectivity index (χ1v) is 6.67. The molecule has 4 aromatic carbocycles. The Morgan fingerprint density at radius 1 is 0.286 bits per heavy atom. The molecule has 0 fully saturated rings. The van der Waals surface area contributed by atoms with E-state index in [1.54, 1.807) is 0 Å². The zero-order valence-electron chi connectivity index (χ0n) is 11.9. The molecule has 0 heterocycles. The average molecular weight is 319 g/mol. The van der Waals surface area contributed by atoms with E-state index in [0.717, 1.165) is 0 Å². The first-order valence-electron chi connectivity index (χ1n) is 6.67. The van der Waals surface area contributed by atoms with Crippen LogP contribution in [0.3, 0.4) is 0 Å². The quantitative estimate of drug-likeness (QED) is 0.369. The molecule has 0 aliphatic carbocycles. The minimum Gasteiger partial charge on any atom is -0.214 e. The molecule has 0 amide bonds. The molecular formula is C20H20Co-4. The van der Waals surface area contributed by atoms with Gasteiger partial charge < -0.3 is 0 Å². The molecule has 0 atom stereocenters. The second-order valence-electron chi connectivity index (χ2n) is 3.85. The van der Waals surface area contributed by atoms with Gasteiger partial charge in [-0.05, 0) is 0 Å². The molecule has 1 heteroatoms. The topological polar surface area (TPSA) is 0 Å². The zero-order valence-corrected chi connectivity index (χ0v) is 12.9. The van der Waals surface area contributed by atoms with Crippen molar-refractivity contribution in [2.75, 3.05) is 0 Å². The molecule has 4 rings (SSSR count). The average Bonchev–Trinajstić information content (AvgIpc) is 3.40.